The summed E-state index contributed by atoms with van der Waals surface area (Å²) in [7, 11) is 1.68. The number of aliphatic imine (C=N–C) groups is 1. The lowest BCUT2D eigenvalue weighted by molar-refractivity contribution is -0.183. The molecule has 0 radical (unpaired) electrons. The quantitative estimate of drug-likeness (QED) is 0.240. The average molecular weight is 499 g/mol. The van der Waals surface area contributed by atoms with Crippen molar-refractivity contribution < 1.29 is 38.1 Å². The molecular formula is C25H42N2O8. The fourth-order valence-corrected chi connectivity index (χ4v) is 4.26. The Kier molecular flexibility index (Phi) is 10.3. The molecule has 2 atom stereocenters. The first-order valence-electron chi connectivity index (χ1n) is 12.1. The highest BCUT2D eigenvalue weighted by Crippen LogP contribution is 2.45. The van der Waals surface area contributed by atoms with E-state index in [-0.39, 0.29) is 31.8 Å². The maximum absolute atomic E-state index is 13.3. The SMILES string of the molecule is CCOC(=O)C(C)(C(=O)OCC)[C@@H]1[C@@H](C(C)(C(=O)OCC)C(=O)OCC)N=C(CC(C)(C)C)N1C. The first-order valence-corrected chi connectivity index (χ1v) is 12.1. The number of carbonyl (C=O) groups excluding carboxylic acids is 4. The van der Waals surface area contributed by atoms with E-state index >= 15 is 0 Å². The van der Waals surface area contributed by atoms with Crippen molar-refractivity contribution in [3.63, 3.8) is 0 Å². The minimum Gasteiger partial charge on any atom is -0.465 e. The molecule has 10 nitrogen and oxygen atoms in total. The molecule has 0 saturated carbocycles. The molecular weight excluding hydrogens is 456 g/mol. The summed E-state index contributed by atoms with van der Waals surface area (Å²) in [4.78, 5) is 59.7. The Labute approximate surface area is 208 Å². The minimum absolute atomic E-state index is 0.0205. The van der Waals surface area contributed by atoms with Gasteiger partial charge in [0.05, 0.1) is 38.3 Å². The van der Waals surface area contributed by atoms with Crippen LogP contribution in [0.1, 0.15) is 68.7 Å². The van der Waals surface area contributed by atoms with Crippen LogP contribution in [0.15, 0.2) is 4.99 Å². The van der Waals surface area contributed by atoms with E-state index in [1.54, 1.807) is 39.6 Å². The molecule has 0 spiro atoms. The number of ether oxygens (including phenoxy) is 4. The van der Waals surface area contributed by atoms with E-state index < -0.39 is 46.8 Å². The first kappa shape index (κ1) is 30.4. The zero-order valence-corrected chi connectivity index (χ0v) is 22.9. The molecule has 35 heavy (non-hydrogen) atoms. The monoisotopic (exact) mass is 498 g/mol. The van der Waals surface area contributed by atoms with Gasteiger partial charge in [-0.1, -0.05) is 20.8 Å². The van der Waals surface area contributed by atoms with E-state index in [4.69, 9.17) is 23.9 Å². The first-order chi connectivity index (χ1) is 16.2. The van der Waals surface area contributed by atoms with E-state index in [0.29, 0.717) is 12.3 Å². The van der Waals surface area contributed by atoms with Crippen LogP contribution in [0.4, 0.5) is 0 Å². The van der Waals surface area contributed by atoms with Crippen molar-refractivity contribution in [2.24, 2.45) is 21.2 Å². The molecule has 200 valence electrons. The van der Waals surface area contributed by atoms with Gasteiger partial charge in [0.15, 0.2) is 10.8 Å². The second kappa shape index (κ2) is 11.9. The number of esters is 4. The molecule has 0 unspecified atom stereocenters. The molecule has 1 aliphatic rings. The zero-order valence-electron chi connectivity index (χ0n) is 22.9. The van der Waals surface area contributed by atoms with Crippen molar-refractivity contribution in [2.75, 3.05) is 33.5 Å². The van der Waals surface area contributed by atoms with Crippen LogP contribution in [-0.4, -0.2) is 80.2 Å². The van der Waals surface area contributed by atoms with Gasteiger partial charge >= 0.3 is 23.9 Å². The highest BCUT2D eigenvalue weighted by molar-refractivity contribution is 6.05. The smallest absolute Gasteiger partial charge is 0.325 e. The fraction of sp³-hybridized carbons (Fsp3) is 0.800. The zero-order chi connectivity index (χ0) is 27.2. The van der Waals surface area contributed by atoms with Crippen LogP contribution < -0.4 is 0 Å². The molecule has 0 bridgehead atoms. The van der Waals surface area contributed by atoms with Gasteiger partial charge in [-0.15, -0.1) is 0 Å². The molecule has 0 fully saturated rings. The Morgan fingerprint density at radius 1 is 0.714 bits per heavy atom. The number of rotatable bonds is 11. The van der Waals surface area contributed by atoms with Crippen molar-refractivity contribution in [3.8, 4) is 0 Å². The summed E-state index contributed by atoms with van der Waals surface area (Å²) in [5.74, 6) is -2.83. The Balaban J connectivity index is 3.92. The highest BCUT2D eigenvalue weighted by atomic mass is 16.6. The summed E-state index contributed by atoms with van der Waals surface area (Å²) in [5.41, 5.74) is -4.07. The molecule has 0 amide bonds. The van der Waals surface area contributed by atoms with Crippen LogP contribution in [0.3, 0.4) is 0 Å². The van der Waals surface area contributed by atoms with Gasteiger partial charge in [-0.3, -0.25) is 24.2 Å². The van der Waals surface area contributed by atoms with E-state index in [1.165, 1.54) is 13.8 Å². The maximum atomic E-state index is 13.3. The summed E-state index contributed by atoms with van der Waals surface area (Å²) in [5, 5.41) is 0. The van der Waals surface area contributed by atoms with Gasteiger partial charge in [0.1, 0.15) is 6.04 Å². The Morgan fingerprint density at radius 2 is 1.06 bits per heavy atom. The standard InChI is InChI=1S/C25H42N2O8/c1-11-32-19(28)24(8,20(29)33-12-2)17-18(27(10)16(26-17)15-23(5,6)7)25(9,21(30)34-13-3)22(31)35-14-4/h17-18H,11-15H2,1-10H3/t17-,18-/m0/s1. The normalized spacial score (nSPS) is 18.6. The van der Waals surface area contributed by atoms with Crippen LogP contribution in [-0.2, 0) is 38.1 Å². The number of amidine groups is 1. The average Bonchev–Trinajstić information content (AvgIpc) is 3.08. The molecule has 0 aromatic heterocycles. The molecule has 0 aliphatic carbocycles. The number of carbonyl (C=O) groups is 4. The van der Waals surface area contributed by atoms with Crippen LogP contribution in [0.5, 0.6) is 0 Å². The van der Waals surface area contributed by atoms with Gasteiger partial charge in [-0.2, -0.15) is 0 Å². The minimum atomic E-state index is -1.94. The second-order valence-corrected chi connectivity index (χ2v) is 10.1. The van der Waals surface area contributed by atoms with Crippen molar-refractivity contribution >= 4 is 29.7 Å². The summed E-state index contributed by atoms with van der Waals surface area (Å²) < 4.78 is 21.1. The van der Waals surface area contributed by atoms with Crippen molar-refractivity contribution in [1.29, 1.82) is 0 Å². The molecule has 1 heterocycles. The summed E-state index contributed by atoms with van der Waals surface area (Å²) in [6.07, 6.45) is 0.458. The molecule has 0 aromatic carbocycles. The molecule has 1 aliphatic heterocycles. The summed E-state index contributed by atoms with van der Waals surface area (Å²) >= 11 is 0. The van der Waals surface area contributed by atoms with Crippen molar-refractivity contribution in [2.45, 2.75) is 80.8 Å². The topological polar surface area (TPSA) is 121 Å². The number of hydrogen-bond donors (Lipinski definition) is 0. The molecule has 10 heteroatoms. The third-order valence-corrected chi connectivity index (χ3v) is 6.08. The van der Waals surface area contributed by atoms with Crippen molar-refractivity contribution in [3.05, 3.63) is 0 Å². The maximum Gasteiger partial charge on any atom is 0.325 e. The van der Waals surface area contributed by atoms with E-state index in [0.717, 1.165) is 0 Å². The van der Waals surface area contributed by atoms with Gasteiger partial charge in [0, 0.05) is 13.5 Å². The predicted octanol–water partition coefficient (Wildman–Crippen LogP) is 2.77. The number of nitrogens with zero attached hydrogens (tertiary/aromatic N) is 2. The summed E-state index contributed by atoms with van der Waals surface area (Å²) in [6, 6.07) is -2.28. The van der Waals surface area contributed by atoms with Crippen LogP contribution >= 0.6 is 0 Å². The summed E-state index contributed by atoms with van der Waals surface area (Å²) in [6.45, 7) is 15.4. The largest absolute Gasteiger partial charge is 0.465 e. The number of likely N-dealkylation sites (N-methyl/N-ethyl adjacent to an activating group) is 1. The van der Waals surface area contributed by atoms with Crippen LogP contribution in [0.2, 0.25) is 0 Å². The van der Waals surface area contributed by atoms with Crippen LogP contribution in [0.25, 0.3) is 0 Å². The van der Waals surface area contributed by atoms with Gasteiger partial charge in [-0.25, -0.2) is 0 Å². The van der Waals surface area contributed by atoms with Gasteiger partial charge in [0.2, 0.25) is 0 Å². The van der Waals surface area contributed by atoms with Gasteiger partial charge in [0.25, 0.3) is 0 Å². The van der Waals surface area contributed by atoms with Crippen LogP contribution in [0, 0.1) is 16.2 Å². The van der Waals surface area contributed by atoms with E-state index in [9.17, 15) is 19.2 Å². The second-order valence-electron chi connectivity index (χ2n) is 10.1. The van der Waals surface area contributed by atoms with E-state index in [1.807, 2.05) is 20.8 Å². The molecule has 0 aromatic rings. The Hall–Kier alpha value is -2.65. The van der Waals surface area contributed by atoms with Gasteiger partial charge < -0.3 is 23.8 Å². The Bertz CT molecular complexity index is 794. The fourth-order valence-electron chi connectivity index (χ4n) is 4.26. The third-order valence-electron chi connectivity index (χ3n) is 6.08. The molecule has 1 rings (SSSR count). The lowest BCUT2D eigenvalue weighted by Gasteiger charge is -2.42. The number of hydrogen-bond acceptors (Lipinski definition) is 10. The third kappa shape index (κ3) is 6.13. The predicted molar refractivity (Wildman–Crippen MR) is 130 cm³/mol. The van der Waals surface area contributed by atoms with Crippen molar-refractivity contribution in [1.82, 2.24) is 4.90 Å². The Morgan fingerprint density at radius 3 is 1.37 bits per heavy atom. The lowest BCUT2D eigenvalue weighted by Crippen LogP contribution is -2.63. The highest BCUT2D eigenvalue weighted by Gasteiger charge is 2.66. The molecule has 0 saturated heterocycles. The van der Waals surface area contributed by atoms with E-state index in [2.05, 4.69) is 0 Å². The lowest BCUT2D eigenvalue weighted by atomic mass is 9.69. The van der Waals surface area contributed by atoms with Gasteiger partial charge in [-0.05, 0) is 47.0 Å². The molecule has 0 N–H and O–H groups in total.